The van der Waals surface area contributed by atoms with E-state index in [1.807, 2.05) is 19.1 Å². The lowest BCUT2D eigenvalue weighted by atomic mass is 10.1. The molecule has 2 unspecified atom stereocenters. The van der Waals surface area contributed by atoms with Crippen molar-refractivity contribution in [3.8, 4) is 5.75 Å². The topological polar surface area (TPSA) is 57.4 Å². The highest BCUT2D eigenvalue weighted by Crippen LogP contribution is 2.12. The molecule has 17 heavy (non-hydrogen) atoms. The average molecular weight is 238 g/mol. The van der Waals surface area contributed by atoms with Gasteiger partial charge in [-0.2, -0.15) is 0 Å². The fourth-order valence-corrected chi connectivity index (χ4v) is 1.52. The van der Waals surface area contributed by atoms with E-state index in [1.165, 1.54) is 0 Å². The van der Waals surface area contributed by atoms with E-state index in [0.717, 1.165) is 24.3 Å². The molecule has 0 aromatic carbocycles. The average Bonchev–Trinajstić information content (AvgIpc) is 2.32. The Morgan fingerprint density at radius 2 is 2.18 bits per heavy atom. The molecule has 96 valence electrons. The summed E-state index contributed by atoms with van der Waals surface area (Å²) in [4.78, 5) is 4.33. The minimum atomic E-state index is 0.0329. The van der Waals surface area contributed by atoms with E-state index in [-0.39, 0.29) is 12.1 Å². The van der Waals surface area contributed by atoms with Gasteiger partial charge in [-0.25, -0.2) is 0 Å². The van der Waals surface area contributed by atoms with Crippen LogP contribution in [0.5, 0.6) is 5.75 Å². The molecule has 1 heterocycles. The minimum Gasteiger partial charge on any atom is -0.487 e. The smallest absolute Gasteiger partial charge is 0.138 e. The van der Waals surface area contributed by atoms with Crippen molar-refractivity contribution in [3.05, 3.63) is 24.0 Å². The van der Waals surface area contributed by atoms with Crippen LogP contribution in [0.3, 0.4) is 0 Å². The second-order valence-electron chi connectivity index (χ2n) is 4.24. The van der Waals surface area contributed by atoms with Crippen LogP contribution >= 0.6 is 0 Å². The molecule has 0 saturated heterocycles. The molecule has 0 fully saturated rings. The third kappa shape index (κ3) is 5.15. The van der Waals surface area contributed by atoms with Crippen LogP contribution in [-0.2, 0) is 11.2 Å². The van der Waals surface area contributed by atoms with Gasteiger partial charge in [0.05, 0.1) is 12.8 Å². The molecule has 0 aliphatic carbocycles. The summed E-state index contributed by atoms with van der Waals surface area (Å²) in [5.74, 6) is 0.767. The summed E-state index contributed by atoms with van der Waals surface area (Å²) >= 11 is 0. The zero-order valence-electron chi connectivity index (χ0n) is 10.8. The summed E-state index contributed by atoms with van der Waals surface area (Å²) in [6.07, 6.45) is 3.55. The van der Waals surface area contributed by atoms with Gasteiger partial charge in [-0.3, -0.25) is 4.98 Å². The zero-order chi connectivity index (χ0) is 12.7. The van der Waals surface area contributed by atoms with Gasteiger partial charge in [0.2, 0.25) is 0 Å². The van der Waals surface area contributed by atoms with Crippen LogP contribution < -0.4 is 10.5 Å². The molecule has 0 spiro atoms. The number of rotatable bonds is 7. The Balaban J connectivity index is 2.49. The van der Waals surface area contributed by atoms with E-state index < -0.39 is 0 Å². The van der Waals surface area contributed by atoms with Gasteiger partial charge in [-0.05, 0) is 25.5 Å². The third-order valence-electron chi connectivity index (χ3n) is 2.53. The summed E-state index contributed by atoms with van der Waals surface area (Å²) in [7, 11) is 1.66. The first-order chi connectivity index (χ1) is 8.15. The van der Waals surface area contributed by atoms with Crippen LogP contribution in [0.2, 0.25) is 0 Å². The normalized spacial score (nSPS) is 14.4. The maximum atomic E-state index is 5.88. The number of methoxy groups -OCH3 is 1. The molecule has 0 amide bonds. The summed E-state index contributed by atoms with van der Waals surface area (Å²) in [5.41, 5.74) is 6.88. The number of aromatic nitrogens is 1. The van der Waals surface area contributed by atoms with Crippen LogP contribution in [-0.4, -0.2) is 30.8 Å². The predicted octanol–water partition coefficient (Wildman–Crippen LogP) is 1.78. The van der Waals surface area contributed by atoms with Crippen molar-refractivity contribution >= 4 is 0 Å². The molecule has 2 atom stereocenters. The molecule has 0 aliphatic rings. The van der Waals surface area contributed by atoms with Gasteiger partial charge in [0.15, 0.2) is 0 Å². The van der Waals surface area contributed by atoms with Crippen molar-refractivity contribution in [3.63, 3.8) is 0 Å². The van der Waals surface area contributed by atoms with E-state index in [9.17, 15) is 0 Å². The lowest BCUT2D eigenvalue weighted by Crippen LogP contribution is -2.22. The lowest BCUT2D eigenvalue weighted by molar-refractivity contribution is 0.0918. The van der Waals surface area contributed by atoms with E-state index in [0.29, 0.717) is 6.61 Å². The third-order valence-corrected chi connectivity index (χ3v) is 2.53. The molecule has 1 aromatic heterocycles. The molecule has 4 heteroatoms. The molecule has 0 bridgehead atoms. The summed E-state index contributed by atoms with van der Waals surface area (Å²) in [6.45, 7) is 4.61. The number of nitrogens with two attached hydrogens (primary N) is 1. The van der Waals surface area contributed by atoms with Crippen LogP contribution in [0.1, 0.15) is 26.0 Å². The Morgan fingerprint density at radius 1 is 1.41 bits per heavy atom. The van der Waals surface area contributed by atoms with Crippen molar-refractivity contribution in [1.29, 1.82) is 0 Å². The highest BCUT2D eigenvalue weighted by Gasteiger charge is 2.05. The first kappa shape index (κ1) is 13.9. The molecule has 2 N–H and O–H groups in total. The fourth-order valence-electron chi connectivity index (χ4n) is 1.52. The highest BCUT2D eigenvalue weighted by molar-refractivity contribution is 5.20. The Labute approximate surface area is 103 Å². The Bertz CT molecular complexity index is 314. The van der Waals surface area contributed by atoms with Gasteiger partial charge in [0.1, 0.15) is 11.9 Å². The number of pyridine rings is 1. The fraction of sp³-hybridized carbons (Fsp3) is 0.615. The van der Waals surface area contributed by atoms with Crippen LogP contribution in [0.15, 0.2) is 18.3 Å². The lowest BCUT2D eigenvalue weighted by Gasteiger charge is -2.14. The Kier molecular flexibility index (Phi) is 5.94. The van der Waals surface area contributed by atoms with E-state index in [1.54, 1.807) is 13.3 Å². The molecule has 1 aromatic rings. The number of hydrogen-bond donors (Lipinski definition) is 1. The monoisotopic (exact) mass is 238 g/mol. The molecule has 1 rings (SSSR count). The molecule has 0 saturated carbocycles. The molecule has 4 nitrogen and oxygen atoms in total. The van der Waals surface area contributed by atoms with E-state index in [2.05, 4.69) is 11.9 Å². The predicted molar refractivity (Wildman–Crippen MR) is 68.2 cm³/mol. The number of hydrogen-bond acceptors (Lipinski definition) is 4. The second kappa shape index (κ2) is 7.25. The van der Waals surface area contributed by atoms with Crippen molar-refractivity contribution in [2.24, 2.45) is 5.73 Å². The second-order valence-corrected chi connectivity index (χ2v) is 4.24. The summed E-state index contributed by atoms with van der Waals surface area (Å²) < 4.78 is 10.6. The van der Waals surface area contributed by atoms with Crippen LogP contribution in [0.25, 0.3) is 0 Å². The first-order valence-corrected chi connectivity index (χ1v) is 6.01. The van der Waals surface area contributed by atoms with Gasteiger partial charge in [-0.1, -0.05) is 6.92 Å². The van der Waals surface area contributed by atoms with Crippen molar-refractivity contribution in [2.45, 2.75) is 38.8 Å². The SMILES string of the molecule is CCC(N)Cc1ccc(OC(C)COC)cn1. The van der Waals surface area contributed by atoms with Crippen molar-refractivity contribution in [1.82, 2.24) is 4.98 Å². The first-order valence-electron chi connectivity index (χ1n) is 6.01. The summed E-state index contributed by atoms with van der Waals surface area (Å²) in [5, 5.41) is 0. The van der Waals surface area contributed by atoms with Crippen molar-refractivity contribution < 1.29 is 9.47 Å². The maximum absolute atomic E-state index is 5.88. The number of nitrogens with zero attached hydrogens (tertiary/aromatic N) is 1. The number of ether oxygens (including phenoxy) is 2. The highest BCUT2D eigenvalue weighted by atomic mass is 16.5. The van der Waals surface area contributed by atoms with Gasteiger partial charge < -0.3 is 15.2 Å². The molecule has 0 aliphatic heterocycles. The largest absolute Gasteiger partial charge is 0.487 e. The molecular formula is C13H22N2O2. The van der Waals surface area contributed by atoms with Gasteiger partial charge in [0, 0.05) is 25.3 Å². The van der Waals surface area contributed by atoms with Gasteiger partial charge in [0.25, 0.3) is 0 Å². The van der Waals surface area contributed by atoms with E-state index in [4.69, 9.17) is 15.2 Å². The Hall–Kier alpha value is -1.13. The Morgan fingerprint density at radius 3 is 2.71 bits per heavy atom. The van der Waals surface area contributed by atoms with Crippen molar-refractivity contribution in [2.75, 3.05) is 13.7 Å². The van der Waals surface area contributed by atoms with Gasteiger partial charge >= 0.3 is 0 Å². The summed E-state index contributed by atoms with van der Waals surface area (Å²) in [6, 6.07) is 4.07. The van der Waals surface area contributed by atoms with Crippen LogP contribution in [0, 0.1) is 0 Å². The maximum Gasteiger partial charge on any atom is 0.138 e. The van der Waals surface area contributed by atoms with E-state index >= 15 is 0 Å². The van der Waals surface area contributed by atoms with Gasteiger partial charge in [-0.15, -0.1) is 0 Å². The standard InChI is InChI=1S/C13H22N2O2/c1-4-11(14)7-12-5-6-13(8-15-12)17-10(2)9-16-3/h5-6,8,10-11H,4,7,9,14H2,1-3H3. The quantitative estimate of drug-likeness (QED) is 0.786. The molecular weight excluding hydrogens is 216 g/mol. The van der Waals surface area contributed by atoms with Crippen LogP contribution in [0.4, 0.5) is 0 Å². The zero-order valence-corrected chi connectivity index (χ0v) is 10.8. The molecule has 0 radical (unpaired) electrons. The minimum absolute atomic E-state index is 0.0329.